The zero-order chi connectivity index (χ0) is 16.9. The van der Waals surface area contributed by atoms with Gasteiger partial charge in [-0.1, -0.05) is 24.3 Å². The summed E-state index contributed by atoms with van der Waals surface area (Å²) in [6, 6.07) is 16.1. The number of carbonyl (C=O) groups is 1. The summed E-state index contributed by atoms with van der Waals surface area (Å²) in [4.78, 5) is 16.5. The third kappa shape index (κ3) is 3.85. The summed E-state index contributed by atoms with van der Waals surface area (Å²) < 4.78 is 18.5. The van der Waals surface area contributed by atoms with Crippen LogP contribution in [-0.4, -0.2) is 43.1 Å². The summed E-state index contributed by atoms with van der Waals surface area (Å²) in [6.45, 7) is 4.20. The fourth-order valence-electron chi connectivity index (χ4n) is 2.99. The Labute approximate surface area is 141 Å². The number of halogens is 1. The molecular weight excluding hydrogens is 307 g/mol. The minimum Gasteiger partial charge on any atom is -0.484 e. The molecule has 126 valence electrons. The first kappa shape index (κ1) is 16.3. The van der Waals surface area contributed by atoms with E-state index in [0.29, 0.717) is 12.3 Å². The summed E-state index contributed by atoms with van der Waals surface area (Å²) in [5, 5.41) is 0. The van der Waals surface area contributed by atoms with Gasteiger partial charge in [0.25, 0.3) is 5.91 Å². The first-order valence-corrected chi connectivity index (χ1v) is 8.11. The topological polar surface area (TPSA) is 32.8 Å². The van der Waals surface area contributed by atoms with Crippen LogP contribution in [-0.2, 0) is 4.79 Å². The third-order valence-corrected chi connectivity index (χ3v) is 4.23. The summed E-state index contributed by atoms with van der Waals surface area (Å²) >= 11 is 0. The van der Waals surface area contributed by atoms with Gasteiger partial charge in [-0.15, -0.1) is 0 Å². The highest BCUT2D eigenvalue weighted by Gasteiger charge is 2.27. The predicted molar refractivity (Wildman–Crippen MR) is 91.7 cm³/mol. The SMILES string of the molecule is CC1CN(c2ccccc2)CCN1C(=O)COc1cccc(F)c1. The maximum Gasteiger partial charge on any atom is 0.260 e. The van der Waals surface area contributed by atoms with Crippen molar-refractivity contribution in [1.82, 2.24) is 4.90 Å². The van der Waals surface area contributed by atoms with Crippen molar-refractivity contribution in [2.45, 2.75) is 13.0 Å². The lowest BCUT2D eigenvalue weighted by molar-refractivity contribution is -0.135. The van der Waals surface area contributed by atoms with E-state index in [1.54, 1.807) is 12.1 Å². The number of amides is 1. The van der Waals surface area contributed by atoms with E-state index in [2.05, 4.69) is 17.0 Å². The molecule has 5 heteroatoms. The standard InChI is InChI=1S/C19H21FN2O2/c1-15-13-21(17-7-3-2-4-8-17)10-11-22(15)19(23)14-24-18-9-5-6-16(20)12-18/h2-9,12,15H,10-11,13-14H2,1H3. The van der Waals surface area contributed by atoms with E-state index in [1.807, 2.05) is 30.0 Å². The van der Waals surface area contributed by atoms with E-state index in [9.17, 15) is 9.18 Å². The summed E-state index contributed by atoms with van der Waals surface area (Å²) in [6.07, 6.45) is 0. The zero-order valence-corrected chi connectivity index (χ0v) is 13.7. The lowest BCUT2D eigenvalue weighted by Gasteiger charge is -2.41. The van der Waals surface area contributed by atoms with E-state index in [0.717, 1.165) is 13.1 Å². The number of anilines is 1. The van der Waals surface area contributed by atoms with Gasteiger partial charge in [-0.2, -0.15) is 0 Å². The zero-order valence-electron chi connectivity index (χ0n) is 13.7. The van der Waals surface area contributed by atoms with Crippen LogP contribution >= 0.6 is 0 Å². The number of rotatable bonds is 4. The Morgan fingerprint density at radius 3 is 2.67 bits per heavy atom. The third-order valence-electron chi connectivity index (χ3n) is 4.23. The molecule has 24 heavy (non-hydrogen) atoms. The lowest BCUT2D eigenvalue weighted by Crippen LogP contribution is -2.55. The molecule has 1 aliphatic rings. The molecule has 1 saturated heterocycles. The van der Waals surface area contributed by atoms with Crippen molar-refractivity contribution in [3.8, 4) is 5.75 Å². The van der Waals surface area contributed by atoms with Crippen molar-refractivity contribution in [2.75, 3.05) is 31.1 Å². The molecule has 0 bridgehead atoms. The van der Waals surface area contributed by atoms with Gasteiger partial charge < -0.3 is 14.5 Å². The molecule has 1 aliphatic heterocycles. The molecule has 2 aromatic carbocycles. The second-order valence-corrected chi connectivity index (χ2v) is 5.96. The Morgan fingerprint density at radius 2 is 1.96 bits per heavy atom. The molecule has 1 heterocycles. The van der Waals surface area contributed by atoms with Crippen LogP contribution in [0, 0.1) is 5.82 Å². The fourth-order valence-corrected chi connectivity index (χ4v) is 2.99. The highest BCUT2D eigenvalue weighted by atomic mass is 19.1. The molecule has 2 aromatic rings. The number of piperazine rings is 1. The van der Waals surface area contributed by atoms with E-state index in [-0.39, 0.29) is 24.4 Å². The minimum absolute atomic E-state index is 0.0699. The predicted octanol–water partition coefficient (Wildman–Crippen LogP) is 2.94. The first-order valence-electron chi connectivity index (χ1n) is 8.11. The number of ether oxygens (including phenoxy) is 1. The number of carbonyl (C=O) groups excluding carboxylic acids is 1. The Morgan fingerprint density at radius 1 is 1.17 bits per heavy atom. The molecule has 0 spiro atoms. The Balaban J connectivity index is 1.55. The van der Waals surface area contributed by atoms with E-state index < -0.39 is 0 Å². The molecule has 1 amide bonds. The second-order valence-electron chi connectivity index (χ2n) is 5.96. The molecule has 1 unspecified atom stereocenters. The maximum atomic E-state index is 13.1. The number of benzene rings is 2. The number of nitrogens with zero attached hydrogens (tertiary/aromatic N) is 2. The molecule has 4 nitrogen and oxygen atoms in total. The highest BCUT2D eigenvalue weighted by molar-refractivity contribution is 5.78. The Kier molecular flexibility index (Phi) is 4.99. The van der Waals surface area contributed by atoms with Crippen molar-refractivity contribution in [3.63, 3.8) is 0 Å². The number of para-hydroxylation sites is 1. The van der Waals surface area contributed by atoms with Crippen molar-refractivity contribution in [2.24, 2.45) is 0 Å². The lowest BCUT2D eigenvalue weighted by atomic mass is 10.1. The first-order chi connectivity index (χ1) is 11.6. The van der Waals surface area contributed by atoms with Crippen LogP contribution in [0.5, 0.6) is 5.75 Å². The molecule has 1 atom stereocenters. The van der Waals surface area contributed by atoms with Crippen molar-refractivity contribution >= 4 is 11.6 Å². The van der Waals surface area contributed by atoms with Crippen LogP contribution in [0.3, 0.4) is 0 Å². The van der Waals surface area contributed by atoms with E-state index in [1.165, 1.54) is 17.8 Å². The Hall–Kier alpha value is -2.56. The molecule has 0 saturated carbocycles. The monoisotopic (exact) mass is 328 g/mol. The second kappa shape index (κ2) is 7.34. The molecule has 0 N–H and O–H groups in total. The minimum atomic E-state index is -0.371. The van der Waals surface area contributed by atoms with Crippen LogP contribution in [0.15, 0.2) is 54.6 Å². The van der Waals surface area contributed by atoms with Gasteiger partial charge in [0.15, 0.2) is 6.61 Å². The molecule has 0 radical (unpaired) electrons. The average Bonchev–Trinajstić information content (AvgIpc) is 2.60. The van der Waals surface area contributed by atoms with Crippen LogP contribution in [0.1, 0.15) is 6.92 Å². The van der Waals surface area contributed by atoms with Gasteiger partial charge in [0, 0.05) is 37.4 Å². The van der Waals surface area contributed by atoms with Gasteiger partial charge in [0.05, 0.1) is 0 Å². The largest absolute Gasteiger partial charge is 0.484 e. The molecule has 0 aliphatic carbocycles. The van der Waals surface area contributed by atoms with Gasteiger partial charge in [0.2, 0.25) is 0 Å². The number of hydrogen-bond acceptors (Lipinski definition) is 3. The van der Waals surface area contributed by atoms with Crippen LogP contribution < -0.4 is 9.64 Å². The van der Waals surface area contributed by atoms with Crippen LogP contribution in [0.25, 0.3) is 0 Å². The number of hydrogen-bond donors (Lipinski definition) is 0. The fraction of sp³-hybridized carbons (Fsp3) is 0.316. The van der Waals surface area contributed by atoms with Crippen LogP contribution in [0.4, 0.5) is 10.1 Å². The summed E-state index contributed by atoms with van der Waals surface area (Å²) in [5.74, 6) is -0.0665. The van der Waals surface area contributed by atoms with Gasteiger partial charge in [-0.3, -0.25) is 4.79 Å². The van der Waals surface area contributed by atoms with E-state index in [4.69, 9.17) is 4.74 Å². The van der Waals surface area contributed by atoms with Gasteiger partial charge in [-0.05, 0) is 31.2 Å². The summed E-state index contributed by atoms with van der Waals surface area (Å²) in [7, 11) is 0. The van der Waals surface area contributed by atoms with Gasteiger partial charge in [-0.25, -0.2) is 4.39 Å². The van der Waals surface area contributed by atoms with Crippen molar-refractivity contribution in [3.05, 3.63) is 60.4 Å². The smallest absolute Gasteiger partial charge is 0.260 e. The Bertz CT molecular complexity index is 693. The van der Waals surface area contributed by atoms with Crippen molar-refractivity contribution < 1.29 is 13.9 Å². The normalized spacial score (nSPS) is 17.7. The molecule has 0 aromatic heterocycles. The van der Waals surface area contributed by atoms with Crippen LogP contribution in [0.2, 0.25) is 0 Å². The molecular formula is C19H21FN2O2. The average molecular weight is 328 g/mol. The quantitative estimate of drug-likeness (QED) is 0.865. The van der Waals surface area contributed by atoms with Crippen molar-refractivity contribution in [1.29, 1.82) is 0 Å². The molecule has 3 rings (SSSR count). The van der Waals surface area contributed by atoms with Gasteiger partial charge in [0.1, 0.15) is 11.6 Å². The molecule has 1 fully saturated rings. The summed E-state index contributed by atoms with van der Waals surface area (Å²) in [5.41, 5.74) is 1.17. The van der Waals surface area contributed by atoms with E-state index >= 15 is 0 Å². The maximum absolute atomic E-state index is 13.1. The highest BCUT2D eigenvalue weighted by Crippen LogP contribution is 2.19. The van der Waals surface area contributed by atoms with Gasteiger partial charge >= 0.3 is 0 Å².